The van der Waals surface area contributed by atoms with E-state index >= 15 is 0 Å². The molecule has 0 radical (unpaired) electrons. The summed E-state index contributed by atoms with van der Waals surface area (Å²) < 4.78 is 206. The maximum Gasteiger partial charge on any atom is 0.429 e. The first kappa shape index (κ1) is 25.8. The molecule has 0 aromatic rings. The van der Waals surface area contributed by atoms with Crippen LogP contribution in [0.15, 0.2) is 0 Å². The Kier molecular flexibility index (Phi) is 7.03. The Morgan fingerprint density at radius 2 is 0.667 bits per heavy atom. The lowest BCUT2D eigenvalue weighted by molar-refractivity contribution is -0.485. The molecule has 0 saturated carbocycles. The summed E-state index contributed by atoms with van der Waals surface area (Å²) in [4.78, 5) is 0. The van der Waals surface area contributed by atoms with Crippen LogP contribution in [-0.2, 0) is 4.74 Å². The van der Waals surface area contributed by atoms with Crippen LogP contribution in [0.3, 0.4) is 0 Å². The second kappa shape index (κ2) is 7.35. The van der Waals surface area contributed by atoms with Gasteiger partial charge in [-0.25, -0.2) is 17.6 Å². The van der Waals surface area contributed by atoms with Crippen molar-refractivity contribution < 1.29 is 75.0 Å². The predicted molar refractivity (Wildman–Crippen MR) is 52.5 cm³/mol. The van der Waals surface area contributed by atoms with Gasteiger partial charge in [0.15, 0.2) is 12.3 Å². The van der Waals surface area contributed by atoms with Gasteiger partial charge < -0.3 is 4.74 Å². The minimum atomic E-state index is -7.51. The Hall–Kier alpha value is -1.16. The lowest BCUT2D eigenvalue weighted by Gasteiger charge is -2.47. The highest BCUT2D eigenvalue weighted by atomic mass is 19.4. The Morgan fingerprint density at radius 1 is 0.481 bits per heavy atom. The maximum absolute atomic E-state index is 13.2. The largest absolute Gasteiger partial charge is 0.429 e. The molecule has 0 rings (SSSR count). The number of hydrogen-bond acceptors (Lipinski definition) is 1. The topological polar surface area (TPSA) is 9.23 Å². The fourth-order valence-corrected chi connectivity index (χ4v) is 1.86. The van der Waals surface area contributed by atoms with E-state index in [1.807, 2.05) is 0 Å². The smallest absolute Gasteiger partial charge is 0.329 e. The minimum absolute atomic E-state index is 2.06. The zero-order chi connectivity index (χ0) is 22.3. The highest BCUT2D eigenvalue weighted by Crippen LogP contribution is 2.58. The van der Waals surface area contributed by atoms with Gasteiger partial charge in [0, 0.05) is 0 Å². The third-order valence-corrected chi connectivity index (χ3v) is 3.16. The van der Waals surface area contributed by atoms with Gasteiger partial charge in [-0.2, -0.15) is 52.7 Å². The molecule has 0 N–H and O–H groups in total. The molecular formula is C10H6F16O. The molecule has 164 valence electrons. The summed E-state index contributed by atoms with van der Waals surface area (Å²) in [5, 5.41) is 0. The van der Waals surface area contributed by atoms with Crippen molar-refractivity contribution in [2.75, 3.05) is 13.3 Å². The van der Waals surface area contributed by atoms with Crippen LogP contribution < -0.4 is 0 Å². The van der Waals surface area contributed by atoms with Crippen molar-refractivity contribution in [2.24, 2.45) is 0 Å². The predicted octanol–water partition coefficient (Wildman–Crippen LogP) is 5.35. The molecule has 2 atom stereocenters. The minimum Gasteiger partial charge on any atom is -0.329 e. The van der Waals surface area contributed by atoms with Crippen LogP contribution in [0.25, 0.3) is 0 Å². The normalized spacial score (nSPS) is 17.8. The monoisotopic (exact) mass is 446 g/mol. The van der Waals surface area contributed by atoms with Crippen molar-refractivity contribution in [3.63, 3.8) is 0 Å². The van der Waals surface area contributed by atoms with Crippen LogP contribution in [-0.4, -0.2) is 61.6 Å². The van der Waals surface area contributed by atoms with E-state index < -0.39 is 61.6 Å². The van der Waals surface area contributed by atoms with Gasteiger partial charge in [0.1, 0.15) is 13.3 Å². The van der Waals surface area contributed by atoms with E-state index in [-0.39, 0.29) is 0 Å². The Labute approximate surface area is 138 Å². The lowest BCUT2D eigenvalue weighted by Crippen LogP contribution is -2.75. The lowest BCUT2D eigenvalue weighted by atomic mass is 9.90. The average molecular weight is 446 g/mol. The van der Waals surface area contributed by atoms with E-state index in [4.69, 9.17) is 0 Å². The highest BCUT2D eigenvalue weighted by Gasteiger charge is 2.86. The van der Waals surface area contributed by atoms with E-state index in [9.17, 15) is 70.2 Å². The molecule has 0 fully saturated rings. The van der Waals surface area contributed by atoms with E-state index in [2.05, 4.69) is 4.74 Å². The molecule has 1 nitrogen and oxygen atoms in total. The number of hydrogen-bond donors (Lipinski definition) is 0. The van der Waals surface area contributed by atoms with Gasteiger partial charge in [0.2, 0.25) is 0 Å². The number of halogens is 16. The van der Waals surface area contributed by atoms with Gasteiger partial charge in [-0.05, 0) is 0 Å². The third kappa shape index (κ3) is 4.01. The van der Waals surface area contributed by atoms with Crippen LogP contribution in [0.5, 0.6) is 0 Å². The summed E-state index contributed by atoms with van der Waals surface area (Å²) in [6.45, 7) is -6.87. The summed E-state index contributed by atoms with van der Waals surface area (Å²) >= 11 is 0. The van der Waals surface area contributed by atoms with Crippen molar-refractivity contribution >= 4 is 0 Å². The summed E-state index contributed by atoms with van der Waals surface area (Å²) in [6.07, 6.45) is -40.5. The van der Waals surface area contributed by atoms with Crippen LogP contribution >= 0.6 is 0 Å². The van der Waals surface area contributed by atoms with Crippen molar-refractivity contribution in [1.82, 2.24) is 0 Å². The molecule has 0 aliphatic carbocycles. The van der Waals surface area contributed by atoms with Gasteiger partial charge in [0.25, 0.3) is 11.2 Å². The van der Waals surface area contributed by atoms with Gasteiger partial charge in [-0.1, -0.05) is 0 Å². The molecule has 0 bridgehead atoms. The molecule has 0 aromatic carbocycles. The molecule has 0 aromatic heterocycles. The zero-order valence-corrected chi connectivity index (χ0v) is 12.0. The van der Waals surface area contributed by atoms with Gasteiger partial charge in [0.05, 0.1) is 0 Å². The number of rotatable bonds is 6. The van der Waals surface area contributed by atoms with Gasteiger partial charge >= 0.3 is 24.7 Å². The Balaban J connectivity index is 7.20. The molecule has 0 aliphatic heterocycles. The van der Waals surface area contributed by atoms with Gasteiger partial charge in [-0.15, -0.1) is 0 Å². The molecule has 0 heterocycles. The van der Waals surface area contributed by atoms with E-state index in [1.54, 1.807) is 0 Å². The maximum atomic E-state index is 13.2. The third-order valence-electron chi connectivity index (χ3n) is 3.16. The molecule has 0 spiro atoms. The molecule has 0 amide bonds. The number of alkyl halides is 16. The van der Waals surface area contributed by atoms with Gasteiger partial charge in [-0.3, -0.25) is 0 Å². The Bertz CT molecular complexity index is 411. The zero-order valence-electron chi connectivity index (χ0n) is 12.0. The average Bonchev–Trinajstić information content (AvgIpc) is 2.41. The fourth-order valence-electron chi connectivity index (χ4n) is 1.86. The van der Waals surface area contributed by atoms with Crippen LogP contribution in [0.4, 0.5) is 70.2 Å². The van der Waals surface area contributed by atoms with Crippen LogP contribution in [0, 0.1) is 0 Å². The first-order chi connectivity index (χ1) is 11.7. The molecule has 0 saturated heterocycles. The second-order valence-electron chi connectivity index (χ2n) is 4.81. The summed E-state index contributed by atoms with van der Waals surface area (Å²) in [5.41, 5.74) is -14.3. The van der Waals surface area contributed by atoms with E-state index in [0.29, 0.717) is 0 Å². The fraction of sp³-hybridized carbons (Fsp3) is 1.00. The first-order valence-electron chi connectivity index (χ1n) is 6.04. The number of ether oxygens (including phenoxy) is 1. The van der Waals surface area contributed by atoms with Crippen molar-refractivity contribution in [3.05, 3.63) is 0 Å². The summed E-state index contributed by atoms with van der Waals surface area (Å²) in [6, 6.07) is 0. The van der Waals surface area contributed by atoms with Crippen molar-refractivity contribution in [1.29, 1.82) is 0 Å². The highest BCUT2D eigenvalue weighted by molar-refractivity contribution is 5.10. The quantitative estimate of drug-likeness (QED) is 0.501. The molecular weight excluding hydrogens is 440 g/mol. The summed E-state index contributed by atoms with van der Waals surface area (Å²) in [5.74, 6) is 0. The van der Waals surface area contributed by atoms with E-state index in [1.165, 1.54) is 0 Å². The summed E-state index contributed by atoms with van der Waals surface area (Å²) in [7, 11) is 0. The molecule has 17 heteroatoms. The molecule has 27 heavy (non-hydrogen) atoms. The second-order valence-corrected chi connectivity index (χ2v) is 4.81. The van der Waals surface area contributed by atoms with Crippen LogP contribution in [0.2, 0.25) is 0 Å². The van der Waals surface area contributed by atoms with Crippen molar-refractivity contribution in [2.45, 2.75) is 48.3 Å². The SMILES string of the molecule is FCC(F)C(OC(C(F)CF)(C(F)(F)F)C(F)(F)F)(C(F)(F)F)C(F)(F)F. The van der Waals surface area contributed by atoms with Crippen molar-refractivity contribution in [3.8, 4) is 0 Å². The molecule has 0 aliphatic rings. The molecule has 2 unspecified atom stereocenters. The first-order valence-corrected chi connectivity index (χ1v) is 6.04. The Morgan fingerprint density at radius 3 is 0.778 bits per heavy atom. The van der Waals surface area contributed by atoms with Crippen LogP contribution in [0.1, 0.15) is 0 Å². The standard InChI is InChI=1S/C10H6F16O/c11-1-3(13)5(7(15,16)17,8(18,19)20)27-6(4(14)2-12,9(21,22)23)10(24,25)26/h3-4H,1-2H2. The van der Waals surface area contributed by atoms with E-state index in [0.717, 1.165) is 0 Å².